The van der Waals surface area contributed by atoms with Crippen LogP contribution in [-0.2, 0) is 4.74 Å². The monoisotopic (exact) mass is 248 g/mol. The first kappa shape index (κ1) is 11.5. The molecule has 1 aliphatic rings. The summed E-state index contributed by atoms with van der Waals surface area (Å²) in [7, 11) is 0. The molecule has 0 aliphatic heterocycles. The molecule has 0 bridgehead atoms. The van der Waals surface area contributed by atoms with Crippen molar-refractivity contribution in [2.75, 3.05) is 11.9 Å². The second kappa shape index (κ2) is 6.02. The molecule has 1 fully saturated rings. The SMILES string of the molecule is CCCCOC1(CBr)CCCCC1. The summed E-state index contributed by atoms with van der Waals surface area (Å²) < 4.78 is 6.01. The first-order valence-electron chi connectivity index (χ1n) is 5.53. The molecule has 0 heterocycles. The van der Waals surface area contributed by atoms with Crippen molar-refractivity contribution in [3.8, 4) is 0 Å². The smallest absolute Gasteiger partial charge is 0.0778 e. The van der Waals surface area contributed by atoms with Crippen LogP contribution in [-0.4, -0.2) is 17.5 Å². The quantitative estimate of drug-likeness (QED) is 0.530. The van der Waals surface area contributed by atoms with E-state index in [1.54, 1.807) is 0 Å². The molecule has 0 amide bonds. The molecule has 0 N–H and O–H groups in total. The highest BCUT2D eigenvalue weighted by Crippen LogP contribution is 2.33. The number of hydrogen-bond donors (Lipinski definition) is 0. The van der Waals surface area contributed by atoms with Gasteiger partial charge in [-0.05, 0) is 19.3 Å². The number of ether oxygens (including phenoxy) is 1. The van der Waals surface area contributed by atoms with E-state index in [1.807, 2.05) is 0 Å². The number of alkyl halides is 1. The highest BCUT2D eigenvalue weighted by atomic mass is 79.9. The van der Waals surface area contributed by atoms with Crippen LogP contribution in [0.3, 0.4) is 0 Å². The maximum absolute atomic E-state index is 6.01. The molecule has 2 heteroatoms. The van der Waals surface area contributed by atoms with E-state index in [0.717, 1.165) is 11.9 Å². The summed E-state index contributed by atoms with van der Waals surface area (Å²) in [6.07, 6.45) is 9.03. The van der Waals surface area contributed by atoms with Crippen molar-refractivity contribution in [2.24, 2.45) is 0 Å². The molecule has 1 nitrogen and oxygen atoms in total. The van der Waals surface area contributed by atoms with Gasteiger partial charge < -0.3 is 4.74 Å². The molecule has 0 aromatic carbocycles. The van der Waals surface area contributed by atoms with Crippen molar-refractivity contribution in [1.29, 1.82) is 0 Å². The third-order valence-corrected chi connectivity index (χ3v) is 3.94. The van der Waals surface area contributed by atoms with E-state index in [9.17, 15) is 0 Å². The lowest BCUT2D eigenvalue weighted by Gasteiger charge is -2.35. The van der Waals surface area contributed by atoms with Crippen molar-refractivity contribution in [3.05, 3.63) is 0 Å². The highest BCUT2D eigenvalue weighted by Gasteiger charge is 2.31. The summed E-state index contributed by atoms with van der Waals surface area (Å²) in [6.45, 7) is 3.16. The second-order valence-electron chi connectivity index (χ2n) is 4.08. The molecular weight excluding hydrogens is 228 g/mol. The van der Waals surface area contributed by atoms with E-state index in [1.165, 1.54) is 44.9 Å². The molecule has 0 spiro atoms. The van der Waals surface area contributed by atoms with Gasteiger partial charge in [-0.2, -0.15) is 0 Å². The third-order valence-electron chi connectivity index (χ3n) is 2.91. The van der Waals surface area contributed by atoms with Crippen molar-refractivity contribution < 1.29 is 4.74 Å². The molecule has 0 aromatic heterocycles. The molecular formula is C11H21BrO. The maximum atomic E-state index is 6.01. The predicted molar refractivity (Wildman–Crippen MR) is 60.5 cm³/mol. The zero-order valence-corrected chi connectivity index (χ0v) is 10.2. The van der Waals surface area contributed by atoms with Crippen molar-refractivity contribution in [1.82, 2.24) is 0 Å². The van der Waals surface area contributed by atoms with Gasteiger partial charge >= 0.3 is 0 Å². The fraction of sp³-hybridized carbons (Fsp3) is 1.00. The van der Waals surface area contributed by atoms with Crippen molar-refractivity contribution >= 4 is 15.9 Å². The topological polar surface area (TPSA) is 9.23 Å². The largest absolute Gasteiger partial charge is 0.374 e. The van der Waals surface area contributed by atoms with Crippen LogP contribution in [0.15, 0.2) is 0 Å². The fourth-order valence-electron chi connectivity index (χ4n) is 1.95. The molecule has 1 aliphatic carbocycles. The normalized spacial score (nSPS) is 21.7. The van der Waals surface area contributed by atoms with E-state index < -0.39 is 0 Å². The van der Waals surface area contributed by atoms with Gasteiger partial charge in [-0.1, -0.05) is 48.5 Å². The van der Waals surface area contributed by atoms with E-state index in [0.29, 0.717) is 0 Å². The van der Waals surface area contributed by atoms with E-state index in [4.69, 9.17) is 4.74 Å². The number of unbranched alkanes of at least 4 members (excludes halogenated alkanes) is 1. The summed E-state index contributed by atoms with van der Waals surface area (Å²) in [5.41, 5.74) is 0.188. The van der Waals surface area contributed by atoms with Crippen LogP contribution in [0.4, 0.5) is 0 Å². The average Bonchev–Trinajstić information content (AvgIpc) is 2.20. The summed E-state index contributed by atoms with van der Waals surface area (Å²) in [4.78, 5) is 0. The van der Waals surface area contributed by atoms with Crippen LogP contribution in [0.5, 0.6) is 0 Å². The Morgan fingerprint density at radius 3 is 2.46 bits per heavy atom. The summed E-state index contributed by atoms with van der Waals surface area (Å²) in [6, 6.07) is 0. The Labute approximate surface area is 90.4 Å². The maximum Gasteiger partial charge on any atom is 0.0778 e. The minimum atomic E-state index is 0.188. The van der Waals surface area contributed by atoms with Crippen LogP contribution in [0, 0.1) is 0 Å². The number of hydrogen-bond acceptors (Lipinski definition) is 1. The molecule has 0 radical (unpaired) electrons. The molecule has 78 valence electrons. The van der Waals surface area contributed by atoms with Gasteiger partial charge in [0.05, 0.1) is 5.60 Å². The predicted octanol–water partition coefficient (Wildman–Crippen LogP) is 3.90. The minimum absolute atomic E-state index is 0.188. The van der Waals surface area contributed by atoms with Crippen LogP contribution in [0.1, 0.15) is 51.9 Å². The van der Waals surface area contributed by atoms with Gasteiger partial charge in [0.2, 0.25) is 0 Å². The lowest BCUT2D eigenvalue weighted by molar-refractivity contribution is -0.0523. The average molecular weight is 249 g/mol. The molecule has 0 unspecified atom stereocenters. The van der Waals surface area contributed by atoms with Gasteiger partial charge in [0.25, 0.3) is 0 Å². The van der Waals surface area contributed by atoms with Gasteiger partial charge in [0.15, 0.2) is 0 Å². The first-order chi connectivity index (χ1) is 6.33. The molecule has 0 saturated heterocycles. The molecule has 0 atom stereocenters. The Morgan fingerprint density at radius 1 is 1.23 bits per heavy atom. The lowest BCUT2D eigenvalue weighted by atomic mass is 9.86. The van der Waals surface area contributed by atoms with Crippen molar-refractivity contribution in [2.45, 2.75) is 57.5 Å². The lowest BCUT2D eigenvalue weighted by Crippen LogP contribution is -2.37. The highest BCUT2D eigenvalue weighted by molar-refractivity contribution is 9.09. The van der Waals surface area contributed by atoms with Crippen LogP contribution < -0.4 is 0 Å². The van der Waals surface area contributed by atoms with Crippen molar-refractivity contribution in [3.63, 3.8) is 0 Å². The van der Waals surface area contributed by atoms with Gasteiger partial charge in [0, 0.05) is 11.9 Å². The summed E-state index contributed by atoms with van der Waals surface area (Å²) in [5.74, 6) is 0. The Kier molecular flexibility index (Phi) is 5.34. The van der Waals surface area contributed by atoms with Gasteiger partial charge in [0.1, 0.15) is 0 Å². The summed E-state index contributed by atoms with van der Waals surface area (Å²) in [5, 5.41) is 1.02. The minimum Gasteiger partial charge on any atom is -0.374 e. The Hall–Kier alpha value is 0.440. The van der Waals surface area contributed by atoms with Crippen LogP contribution in [0.2, 0.25) is 0 Å². The van der Waals surface area contributed by atoms with Gasteiger partial charge in [-0.3, -0.25) is 0 Å². The zero-order chi connectivity index (χ0) is 9.57. The second-order valence-corrected chi connectivity index (χ2v) is 4.64. The Balaban J connectivity index is 2.29. The standard InChI is InChI=1S/C11H21BrO/c1-2-3-9-13-11(10-12)7-5-4-6-8-11/h2-10H2,1H3. The van der Waals surface area contributed by atoms with Gasteiger partial charge in [-0.15, -0.1) is 0 Å². The fourth-order valence-corrected chi connectivity index (χ4v) is 2.67. The molecule has 1 saturated carbocycles. The van der Waals surface area contributed by atoms with Gasteiger partial charge in [-0.25, -0.2) is 0 Å². The summed E-state index contributed by atoms with van der Waals surface area (Å²) >= 11 is 3.60. The van der Waals surface area contributed by atoms with E-state index >= 15 is 0 Å². The van der Waals surface area contributed by atoms with Crippen LogP contribution in [0.25, 0.3) is 0 Å². The molecule has 13 heavy (non-hydrogen) atoms. The Morgan fingerprint density at radius 2 is 1.92 bits per heavy atom. The van der Waals surface area contributed by atoms with E-state index in [-0.39, 0.29) is 5.60 Å². The number of rotatable bonds is 5. The Bertz CT molecular complexity index is 130. The number of halogens is 1. The molecule has 1 rings (SSSR count). The third kappa shape index (κ3) is 3.59. The zero-order valence-electron chi connectivity index (χ0n) is 8.65. The first-order valence-corrected chi connectivity index (χ1v) is 6.65. The molecule has 0 aromatic rings. The van der Waals surface area contributed by atoms with E-state index in [2.05, 4.69) is 22.9 Å². The van der Waals surface area contributed by atoms with Crippen LogP contribution >= 0.6 is 15.9 Å².